The number of hydrogen-bond acceptors (Lipinski definition) is 21. The predicted octanol–water partition coefficient (Wildman–Crippen LogP) is 9.78. The lowest BCUT2D eigenvalue weighted by Gasteiger charge is -2.38. The minimum absolute atomic E-state index is 0. The third-order valence-electron chi connectivity index (χ3n) is 13.0. The number of piperidine rings is 1. The number of benzene rings is 2. The Morgan fingerprint density at radius 1 is 0.549 bits per heavy atom. The minimum atomic E-state index is -0.988. The maximum atomic E-state index is 14.4. The Hall–Kier alpha value is -7.08. The third kappa shape index (κ3) is 81.9. The van der Waals surface area contributed by atoms with Crippen molar-refractivity contribution in [1.82, 2.24) is 48.7 Å². The highest BCUT2D eigenvalue weighted by Crippen LogP contribution is 2.21. The number of aliphatic hydroxyl groups is 1. The van der Waals surface area contributed by atoms with E-state index in [2.05, 4.69) is 88.1 Å². The standard InChI is InChI=1S/C38H62N6O6.C8H9Cl.2C5H12.C4H8O2.2C2H6.4CH5N.6CH2O.3H3N/c1-11-27(6)34(38(50)44-20-16-13-17-21-44)40-32(46)24-41(8)35(47)31(23-29-18-14-12-15-19-29)42(9)36(48)30(22-25(2)3)43(10)37(49)33(26(4)5)39-28(7)45;1-2-7-4-3-5-8(9)6-7;2*1-4-5(2)3;1-4(6)2-3-5;12*1-2;;;/h12,14-15,18-19,25-27,30-31,33-34H,11,13,16-17,20-24H2,1-10H3,(H,39,45)(H,40,46);3-6H,2H2,1H3;2*5H,4H2,1-3H3;3-4,6H,2H2,1H3;2*1-2H3;4*2H2,1H3;6*1H2;3*1H3/t27-,30-,31-,33?,34-;;;;4-;;;;;;;;;;;;;;;/m0...1.............../s1. The second-order valence-electron chi connectivity index (χ2n) is 21.5. The Balaban J connectivity index is -0.0000000755. The molecule has 2 aromatic rings. The summed E-state index contributed by atoms with van der Waals surface area (Å²) in [4.78, 5) is 144. The number of carbonyl (C=O) groups is 13. The van der Waals surface area contributed by atoms with E-state index in [-0.39, 0.29) is 67.4 Å². The molecule has 6 amide bonds. The van der Waals surface area contributed by atoms with Gasteiger partial charge in [-0.15, -0.1) is 0 Å². The number of nitrogens with one attached hydrogen (secondary N) is 2. The Bertz CT molecular complexity index is 2050. The minimum Gasteiger partial charge on any atom is -0.393 e. The van der Waals surface area contributed by atoms with Crippen molar-refractivity contribution >= 4 is 94.1 Å². The van der Waals surface area contributed by atoms with Crippen LogP contribution in [-0.2, 0) is 75.2 Å². The topological polar surface area (TPSA) is 488 Å². The van der Waals surface area contributed by atoms with Crippen molar-refractivity contribution in [3.8, 4) is 0 Å². The SMILES string of the molecule is C=O.C=O.C=O.C=O.C=O.C=O.CC.CC.CCC(C)C.CCC(C)C.CC[C@H](C)[C@H](NC(=O)CN(C)C(=O)[C@H](Cc1ccccc1)N(C)C(=O)[C@H](CC(C)C)N(C)C(=O)C(NC(C)=O)C(C)C)C(=O)N1CCCCC1.CCc1cccc(Cl)c1.CN.CN.CN.CN.C[C@@H](O)CC=O.N.N.N. The van der Waals surface area contributed by atoms with Gasteiger partial charge in [0.15, 0.2) is 0 Å². The van der Waals surface area contributed by atoms with Crippen LogP contribution in [0.15, 0.2) is 54.6 Å². The number of likely N-dealkylation sites (tertiary alicyclic amines) is 1. The maximum absolute atomic E-state index is 14.4. The summed E-state index contributed by atoms with van der Waals surface area (Å²) in [5, 5.41) is 14.8. The molecule has 28 heteroatoms. The second kappa shape index (κ2) is 107. The predicted molar refractivity (Wildman–Crippen MR) is 429 cm³/mol. The molecule has 1 unspecified atom stereocenters. The van der Waals surface area contributed by atoms with E-state index >= 15 is 0 Å². The summed E-state index contributed by atoms with van der Waals surface area (Å²) in [7, 11) is 10.6. The van der Waals surface area contributed by atoms with Crippen LogP contribution >= 0.6 is 11.6 Å². The van der Waals surface area contributed by atoms with E-state index in [1.807, 2.05) is 163 Å². The first kappa shape index (κ1) is 138. The van der Waals surface area contributed by atoms with Gasteiger partial charge in [-0.25, -0.2) is 0 Å². The number of nitrogens with two attached hydrogens (primary N) is 4. The molecule has 0 spiro atoms. The largest absolute Gasteiger partial charge is 0.393 e. The van der Waals surface area contributed by atoms with Gasteiger partial charge < -0.3 is 110 Å². The van der Waals surface area contributed by atoms with Gasteiger partial charge >= 0.3 is 0 Å². The van der Waals surface area contributed by atoms with Crippen LogP contribution in [0.1, 0.15) is 194 Å². The smallest absolute Gasteiger partial charge is 0.245 e. The van der Waals surface area contributed by atoms with Crippen LogP contribution < -0.4 is 52.0 Å². The highest BCUT2D eigenvalue weighted by atomic mass is 35.5. The van der Waals surface area contributed by atoms with Crippen LogP contribution in [0.2, 0.25) is 5.02 Å². The lowest BCUT2D eigenvalue weighted by Crippen LogP contribution is -2.59. The highest BCUT2D eigenvalue weighted by molar-refractivity contribution is 6.30. The number of aryl methyl sites for hydroxylation is 1. The molecule has 1 heterocycles. The molecule has 102 heavy (non-hydrogen) atoms. The van der Waals surface area contributed by atoms with E-state index in [0.717, 1.165) is 48.1 Å². The number of carbonyl (C=O) groups excluding carboxylic acids is 13. The molecule has 20 N–H and O–H groups in total. The zero-order valence-corrected chi connectivity index (χ0v) is 69.6. The first-order valence-electron chi connectivity index (χ1n) is 33.7. The first-order valence-corrected chi connectivity index (χ1v) is 34.1. The van der Waals surface area contributed by atoms with E-state index in [4.69, 9.17) is 45.5 Å². The summed E-state index contributed by atoms with van der Waals surface area (Å²) in [5.41, 5.74) is 20.1. The van der Waals surface area contributed by atoms with Crippen LogP contribution in [0.5, 0.6) is 0 Å². The summed E-state index contributed by atoms with van der Waals surface area (Å²) in [6, 6.07) is 13.8. The lowest BCUT2D eigenvalue weighted by atomic mass is 9.96. The normalized spacial score (nSPS) is 11.1. The molecule has 1 fully saturated rings. The summed E-state index contributed by atoms with van der Waals surface area (Å²) in [5.74, 6) is -0.665. The maximum Gasteiger partial charge on any atom is 0.245 e. The monoisotopic (exact) mass is 1490 g/mol. The molecule has 0 saturated carbocycles. The van der Waals surface area contributed by atoms with Crippen LogP contribution in [0, 0.1) is 29.6 Å². The second-order valence-corrected chi connectivity index (χ2v) is 22.0. The molecular formula is C74H156ClN13O14. The van der Waals surface area contributed by atoms with Gasteiger partial charge in [0.1, 0.15) is 71.2 Å². The van der Waals surface area contributed by atoms with E-state index in [1.165, 1.54) is 75.3 Å². The van der Waals surface area contributed by atoms with Crippen molar-refractivity contribution in [3.05, 3.63) is 70.7 Å². The fourth-order valence-electron chi connectivity index (χ4n) is 7.25. The Morgan fingerprint density at radius 3 is 1.23 bits per heavy atom. The lowest BCUT2D eigenvalue weighted by molar-refractivity contribution is -0.152. The molecule has 1 saturated heterocycles. The van der Waals surface area contributed by atoms with Crippen molar-refractivity contribution in [2.24, 2.45) is 52.5 Å². The molecule has 1 aliphatic heterocycles. The van der Waals surface area contributed by atoms with Gasteiger partial charge in [-0.2, -0.15) is 0 Å². The highest BCUT2D eigenvalue weighted by Gasteiger charge is 2.39. The molecule has 0 aliphatic carbocycles. The zero-order chi connectivity index (χ0) is 82.0. The van der Waals surface area contributed by atoms with Crippen LogP contribution in [0.25, 0.3) is 0 Å². The summed E-state index contributed by atoms with van der Waals surface area (Å²) >= 11 is 5.72. The summed E-state index contributed by atoms with van der Waals surface area (Å²) in [6.07, 6.45) is 8.32. The molecule has 2 aromatic carbocycles. The molecular weight excluding hydrogens is 1330 g/mol. The van der Waals surface area contributed by atoms with Gasteiger partial charge in [-0.3, -0.25) is 28.8 Å². The van der Waals surface area contributed by atoms with Gasteiger partial charge in [-0.1, -0.05) is 191 Å². The molecule has 3 rings (SSSR count). The number of halogens is 1. The Labute approximate surface area is 625 Å². The number of likely N-dealkylation sites (N-methyl/N-ethyl adjacent to an activating group) is 3. The fraction of sp³-hybridized carbons (Fsp3) is 0.662. The van der Waals surface area contributed by atoms with Crippen molar-refractivity contribution in [1.29, 1.82) is 0 Å². The molecule has 27 nitrogen and oxygen atoms in total. The van der Waals surface area contributed by atoms with Crippen molar-refractivity contribution in [2.45, 2.75) is 226 Å². The van der Waals surface area contributed by atoms with Gasteiger partial charge in [0, 0.05) is 59.0 Å². The van der Waals surface area contributed by atoms with Crippen molar-refractivity contribution in [3.63, 3.8) is 0 Å². The zero-order valence-electron chi connectivity index (χ0n) is 68.8. The van der Waals surface area contributed by atoms with Gasteiger partial charge in [0.05, 0.1) is 12.6 Å². The molecule has 1 aliphatic rings. The summed E-state index contributed by atoms with van der Waals surface area (Å²) in [6.45, 7) is 50.8. The molecule has 0 radical (unpaired) electrons. The average Bonchev–Trinajstić information content (AvgIpc) is 0.817. The quantitative estimate of drug-likeness (QED) is 0.0490. The van der Waals surface area contributed by atoms with Crippen molar-refractivity contribution in [2.75, 3.05) is 69.0 Å². The van der Waals surface area contributed by atoms with E-state index < -0.39 is 53.9 Å². The Kier molecular flexibility index (Phi) is 145. The van der Waals surface area contributed by atoms with Crippen LogP contribution in [0.4, 0.5) is 0 Å². The molecule has 0 bridgehead atoms. The number of nitrogens with zero attached hydrogens (tertiary/aromatic N) is 4. The molecule has 6 atom stereocenters. The number of amides is 6. The van der Waals surface area contributed by atoms with E-state index in [9.17, 15) is 33.6 Å². The molecule has 0 aromatic heterocycles. The number of aliphatic hydroxyl groups excluding tert-OH is 1. The third-order valence-corrected chi connectivity index (χ3v) is 13.3. The van der Waals surface area contributed by atoms with Crippen LogP contribution in [0.3, 0.4) is 0 Å². The summed E-state index contributed by atoms with van der Waals surface area (Å²) < 4.78 is 0. The average molecular weight is 1490 g/mol. The van der Waals surface area contributed by atoms with E-state index in [0.29, 0.717) is 32.2 Å². The van der Waals surface area contributed by atoms with Gasteiger partial charge in [0.25, 0.3) is 0 Å². The number of rotatable bonds is 22. The number of hydrogen-bond donors (Lipinski definition) is 10. The van der Waals surface area contributed by atoms with E-state index in [1.54, 1.807) is 21.0 Å². The number of aldehydes is 1. The van der Waals surface area contributed by atoms with Gasteiger partial charge in [0.2, 0.25) is 35.4 Å². The van der Waals surface area contributed by atoms with Gasteiger partial charge in [-0.05, 0) is 120 Å². The van der Waals surface area contributed by atoms with Crippen molar-refractivity contribution < 1.29 is 67.4 Å². The first-order chi connectivity index (χ1) is 47.1. The van der Waals surface area contributed by atoms with Crippen LogP contribution in [-0.4, -0.2) is 206 Å². The Morgan fingerprint density at radius 2 is 0.931 bits per heavy atom. The molecule has 608 valence electrons. The fourth-order valence-corrected chi connectivity index (χ4v) is 7.46.